The number of amides is 1. The van der Waals surface area contributed by atoms with Crippen LogP contribution in [0.15, 0.2) is 54.7 Å². The molecule has 1 amide bonds. The maximum absolute atomic E-state index is 13.5. The summed E-state index contributed by atoms with van der Waals surface area (Å²) in [6.07, 6.45) is 1.37. The van der Waals surface area contributed by atoms with Crippen molar-refractivity contribution in [1.82, 2.24) is 15.1 Å². The van der Waals surface area contributed by atoms with Crippen LogP contribution in [0.4, 0.5) is 4.39 Å². The van der Waals surface area contributed by atoms with E-state index in [9.17, 15) is 14.3 Å². The third kappa shape index (κ3) is 3.27. The van der Waals surface area contributed by atoms with Gasteiger partial charge in [0.25, 0.3) is 5.91 Å². The Morgan fingerprint density at radius 3 is 2.71 bits per heavy atom. The molecule has 0 saturated heterocycles. The molecule has 24 heavy (non-hydrogen) atoms. The highest BCUT2D eigenvalue weighted by molar-refractivity contribution is 5.94. The summed E-state index contributed by atoms with van der Waals surface area (Å²) in [6, 6.07) is 13.9. The van der Waals surface area contributed by atoms with Crippen LogP contribution in [0.2, 0.25) is 0 Å². The van der Waals surface area contributed by atoms with E-state index in [0.29, 0.717) is 11.1 Å². The average Bonchev–Trinajstić information content (AvgIpc) is 2.98. The lowest BCUT2D eigenvalue weighted by Gasteiger charge is -2.05. The fourth-order valence-corrected chi connectivity index (χ4v) is 2.25. The van der Waals surface area contributed by atoms with Crippen LogP contribution in [-0.2, 0) is 6.54 Å². The third-order valence-electron chi connectivity index (χ3n) is 3.62. The molecule has 2 aromatic carbocycles. The van der Waals surface area contributed by atoms with Gasteiger partial charge >= 0.3 is 0 Å². The summed E-state index contributed by atoms with van der Waals surface area (Å²) in [5.74, 6) is -1.06. The predicted octanol–water partition coefficient (Wildman–Crippen LogP) is 2.96. The summed E-state index contributed by atoms with van der Waals surface area (Å²) < 4.78 is 14.9. The smallest absolute Gasteiger partial charge is 0.275 e. The molecule has 0 radical (unpaired) electrons. The fraction of sp³-hybridized carbons (Fsp3) is 0.111. The molecule has 1 aromatic heterocycles. The van der Waals surface area contributed by atoms with Crippen molar-refractivity contribution in [3.8, 4) is 11.4 Å². The van der Waals surface area contributed by atoms with Crippen molar-refractivity contribution in [1.29, 1.82) is 0 Å². The molecule has 0 bridgehead atoms. The summed E-state index contributed by atoms with van der Waals surface area (Å²) >= 11 is 0. The molecule has 0 aliphatic heterocycles. The number of carbonyl (C=O) groups excluding carboxylic acids is 1. The number of aromatic hydroxyl groups is 1. The molecule has 0 spiro atoms. The second kappa shape index (κ2) is 6.54. The number of aromatic nitrogens is 2. The molecule has 6 heteroatoms. The highest BCUT2D eigenvalue weighted by Crippen LogP contribution is 2.18. The fourth-order valence-electron chi connectivity index (χ4n) is 2.25. The van der Waals surface area contributed by atoms with Gasteiger partial charge in [-0.1, -0.05) is 30.3 Å². The monoisotopic (exact) mass is 325 g/mol. The first kappa shape index (κ1) is 15.7. The topological polar surface area (TPSA) is 67.2 Å². The normalized spacial score (nSPS) is 10.6. The molecule has 0 fully saturated rings. The number of hydrogen-bond donors (Lipinski definition) is 2. The van der Waals surface area contributed by atoms with Gasteiger partial charge in [0, 0.05) is 6.54 Å². The van der Waals surface area contributed by atoms with E-state index in [2.05, 4.69) is 10.4 Å². The van der Waals surface area contributed by atoms with Crippen LogP contribution in [0.5, 0.6) is 5.75 Å². The van der Waals surface area contributed by atoms with Gasteiger partial charge in [0.2, 0.25) is 0 Å². The number of hydrogen-bond acceptors (Lipinski definition) is 3. The second-order valence-corrected chi connectivity index (χ2v) is 5.41. The summed E-state index contributed by atoms with van der Waals surface area (Å²) in [5, 5.41) is 16.7. The van der Waals surface area contributed by atoms with E-state index in [-0.39, 0.29) is 23.8 Å². The number of carbonyl (C=O) groups is 1. The molecule has 5 nitrogen and oxygen atoms in total. The van der Waals surface area contributed by atoms with Crippen molar-refractivity contribution >= 4 is 5.91 Å². The molecular weight excluding hydrogens is 309 g/mol. The Kier molecular flexibility index (Phi) is 4.29. The van der Waals surface area contributed by atoms with Crippen molar-refractivity contribution in [2.45, 2.75) is 13.5 Å². The maximum Gasteiger partial charge on any atom is 0.275 e. The van der Waals surface area contributed by atoms with Gasteiger partial charge in [-0.05, 0) is 36.2 Å². The Bertz CT molecular complexity index is 875. The number of para-hydroxylation sites is 1. The number of nitrogens with zero attached hydrogens (tertiary/aromatic N) is 2. The second-order valence-electron chi connectivity index (χ2n) is 5.41. The van der Waals surface area contributed by atoms with Gasteiger partial charge in [0.05, 0.1) is 11.9 Å². The number of aryl methyl sites for hydroxylation is 1. The number of benzene rings is 2. The Morgan fingerprint density at radius 1 is 1.25 bits per heavy atom. The zero-order valence-electron chi connectivity index (χ0n) is 13.0. The van der Waals surface area contributed by atoms with Gasteiger partial charge in [0.1, 0.15) is 5.82 Å². The van der Waals surface area contributed by atoms with Crippen molar-refractivity contribution in [2.75, 3.05) is 0 Å². The van der Waals surface area contributed by atoms with E-state index in [4.69, 9.17) is 0 Å². The Labute approximate surface area is 138 Å². The first-order valence-corrected chi connectivity index (χ1v) is 7.42. The molecule has 0 saturated carbocycles. The molecule has 0 aliphatic rings. The van der Waals surface area contributed by atoms with Crippen molar-refractivity contribution in [3.63, 3.8) is 0 Å². The standard InChI is InChI=1S/C18H16FN3O2/c1-12-7-8-13(9-15(12)19)10-20-18(24)17-16(23)11-22(21-17)14-5-3-2-4-6-14/h2-9,11,23H,10H2,1H3,(H,20,24). The first-order valence-electron chi connectivity index (χ1n) is 7.42. The van der Waals surface area contributed by atoms with Gasteiger partial charge in [-0.25, -0.2) is 9.07 Å². The highest BCUT2D eigenvalue weighted by Gasteiger charge is 2.17. The molecule has 3 rings (SSSR count). The van der Waals surface area contributed by atoms with Gasteiger partial charge in [0.15, 0.2) is 11.4 Å². The van der Waals surface area contributed by atoms with Gasteiger partial charge in [-0.2, -0.15) is 5.10 Å². The summed E-state index contributed by atoms with van der Waals surface area (Å²) in [4.78, 5) is 12.2. The molecule has 0 unspecified atom stereocenters. The lowest BCUT2D eigenvalue weighted by atomic mass is 10.1. The van der Waals surface area contributed by atoms with Gasteiger partial charge < -0.3 is 10.4 Å². The Balaban J connectivity index is 1.73. The first-order chi connectivity index (χ1) is 11.5. The van der Waals surface area contributed by atoms with E-state index in [1.807, 2.05) is 30.3 Å². The van der Waals surface area contributed by atoms with E-state index in [1.165, 1.54) is 16.9 Å². The van der Waals surface area contributed by atoms with E-state index in [1.54, 1.807) is 19.1 Å². The zero-order valence-corrected chi connectivity index (χ0v) is 13.0. The van der Waals surface area contributed by atoms with E-state index < -0.39 is 5.91 Å². The van der Waals surface area contributed by atoms with E-state index in [0.717, 1.165) is 5.69 Å². The minimum atomic E-state index is -0.525. The minimum absolute atomic E-state index is 0.0774. The maximum atomic E-state index is 13.5. The average molecular weight is 325 g/mol. The summed E-state index contributed by atoms with van der Waals surface area (Å²) in [5.41, 5.74) is 1.83. The third-order valence-corrected chi connectivity index (χ3v) is 3.62. The molecule has 0 atom stereocenters. The summed E-state index contributed by atoms with van der Waals surface area (Å²) in [7, 11) is 0. The number of nitrogens with one attached hydrogen (secondary N) is 1. The zero-order chi connectivity index (χ0) is 17.1. The van der Waals surface area contributed by atoms with Crippen LogP contribution in [0, 0.1) is 12.7 Å². The Hall–Kier alpha value is -3.15. The van der Waals surface area contributed by atoms with Crippen molar-refractivity contribution < 1.29 is 14.3 Å². The molecular formula is C18H16FN3O2. The van der Waals surface area contributed by atoms with Crippen LogP contribution < -0.4 is 5.32 Å². The predicted molar refractivity (Wildman–Crippen MR) is 87.5 cm³/mol. The summed E-state index contributed by atoms with van der Waals surface area (Å²) in [6.45, 7) is 1.82. The Morgan fingerprint density at radius 2 is 2.00 bits per heavy atom. The number of halogens is 1. The molecule has 3 aromatic rings. The van der Waals surface area contributed by atoms with Crippen LogP contribution in [-0.4, -0.2) is 20.8 Å². The molecule has 1 heterocycles. The SMILES string of the molecule is Cc1ccc(CNC(=O)c2nn(-c3ccccc3)cc2O)cc1F. The van der Waals surface area contributed by atoms with Crippen LogP contribution in [0.3, 0.4) is 0 Å². The lowest BCUT2D eigenvalue weighted by molar-refractivity contribution is 0.0943. The van der Waals surface area contributed by atoms with Crippen LogP contribution >= 0.6 is 0 Å². The minimum Gasteiger partial charge on any atom is -0.504 e. The molecule has 0 aliphatic carbocycles. The number of rotatable bonds is 4. The van der Waals surface area contributed by atoms with Gasteiger partial charge in [-0.15, -0.1) is 0 Å². The molecule has 2 N–H and O–H groups in total. The van der Waals surface area contributed by atoms with Crippen LogP contribution in [0.1, 0.15) is 21.6 Å². The largest absolute Gasteiger partial charge is 0.504 e. The molecule has 122 valence electrons. The van der Waals surface area contributed by atoms with Crippen molar-refractivity contribution in [3.05, 3.63) is 77.4 Å². The lowest BCUT2D eigenvalue weighted by Crippen LogP contribution is -2.23. The van der Waals surface area contributed by atoms with Crippen LogP contribution in [0.25, 0.3) is 5.69 Å². The van der Waals surface area contributed by atoms with Crippen molar-refractivity contribution in [2.24, 2.45) is 0 Å². The van der Waals surface area contributed by atoms with E-state index >= 15 is 0 Å². The quantitative estimate of drug-likeness (QED) is 0.775. The highest BCUT2D eigenvalue weighted by atomic mass is 19.1. The van der Waals surface area contributed by atoms with Gasteiger partial charge in [-0.3, -0.25) is 4.79 Å².